The van der Waals surface area contributed by atoms with Crippen LogP contribution >= 0.6 is 23.4 Å². The molecule has 0 bridgehead atoms. The normalized spacial score (nSPS) is 12.7. The van der Waals surface area contributed by atoms with E-state index in [9.17, 15) is 4.79 Å². The first kappa shape index (κ1) is 13.2. The number of rotatable bonds is 3. The molecule has 0 radical (unpaired) electrons. The van der Waals surface area contributed by atoms with Crippen LogP contribution in [-0.4, -0.2) is 14.8 Å². The van der Waals surface area contributed by atoms with Gasteiger partial charge in [0.05, 0.1) is 0 Å². The highest BCUT2D eigenvalue weighted by molar-refractivity contribution is 7.99. The second-order valence-electron chi connectivity index (χ2n) is 3.94. The van der Waals surface area contributed by atoms with E-state index < -0.39 is 0 Å². The molecule has 1 unspecified atom stereocenters. The summed E-state index contributed by atoms with van der Waals surface area (Å²) in [5.74, 6) is 0. The summed E-state index contributed by atoms with van der Waals surface area (Å²) in [5, 5.41) is 7.51. The first-order chi connectivity index (χ1) is 8.49. The monoisotopic (exact) mass is 284 g/mol. The molecular weight excluding hydrogens is 272 g/mol. The molecule has 1 heterocycles. The first-order valence-electron chi connectivity index (χ1n) is 5.33. The predicted molar refractivity (Wildman–Crippen MR) is 72.0 cm³/mol. The fraction of sp³-hybridized carbons (Fsp3) is 0.273. The van der Waals surface area contributed by atoms with E-state index in [1.54, 1.807) is 7.05 Å². The van der Waals surface area contributed by atoms with Crippen molar-refractivity contribution >= 4 is 23.4 Å². The highest BCUT2D eigenvalue weighted by atomic mass is 35.5. The average molecular weight is 285 g/mol. The van der Waals surface area contributed by atoms with Crippen molar-refractivity contribution in [2.24, 2.45) is 12.8 Å². The molecule has 1 aromatic carbocycles. The van der Waals surface area contributed by atoms with Crippen molar-refractivity contribution in [3.05, 3.63) is 39.3 Å². The van der Waals surface area contributed by atoms with Crippen molar-refractivity contribution in [1.29, 1.82) is 0 Å². The first-order valence-corrected chi connectivity index (χ1v) is 6.52. The van der Waals surface area contributed by atoms with Gasteiger partial charge in [0, 0.05) is 23.0 Å². The van der Waals surface area contributed by atoms with Crippen molar-refractivity contribution in [3.8, 4) is 0 Å². The molecule has 7 heteroatoms. The van der Waals surface area contributed by atoms with E-state index in [0.29, 0.717) is 10.2 Å². The SMILES string of the molecule is CC(N)c1ccc(Sc2n[nH]c(=O)n2C)cc1Cl. The molecular formula is C11H13ClN4OS. The molecule has 0 aliphatic rings. The van der Waals surface area contributed by atoms with Crippen LogP contribution in [0.25, 0.3) is 0 Å². The number of aromatic amines is 1. The summed E-state index contributed by atoms with van der Waals surface area (Å²) in [4.78, 5) is 12.1. The Labute approximate surface area is 113 Å². The summed E-state index contributed by atoms with van der Waals surface area (Å²) in [5.41, 5.74) is 6.45. The van der Waals surface area contributed by atoms with Crippen molar-refractivity contribution in [2.45, 2.75) is 23.0 Å². The number of H-pyrrole nitrogens is 1. The third kappa shape index (κ3) is 2.60. The smallest absolute Gasteiger partial charge is 0.324 e. The van der Waals surface area contributed by atoms with Crippen LogP contribution in [0.4, 0.5) is 0 Å². The highest BCUT2D eigenvalue weighted by Crippen LogP contribution is 2.30. The summed E-state index contributed by atoms with van der Waals surface area (Å²) in [7, 11) is 1.66. The standard InChI is InChI=1S/C11H13ClN4OS/c1-6(13)8-4-3-7(5-9(8)12)18-11-15-14-10(17)16(11)2/h3-6H,13H2,1-2H3,(H,14,17). The van der Waals surface area contributed by atoms with Crippen LogP contribution in [0, 0.1) is 0 Å². The molecule has 5 nitrogen and oxygen atoms in total. The van der Waals surface area contributed by atoms with Gasteiger partial charge in [-0.1, -0.05) is 17.7 Å². The van der Waals surface area contributed by atoms with Crippen LogP contribution in [-0.2, 0) is 7.05 Å². The Morgan fingerprint density at radius 2 is 2.28 bits per heavy atom. The second-order valence-corrected chi connectivity index (χ2v) is 5.39. The molecule has 0 saturated heterocycles. The van der Waals surface area contributed by atoms with Gasteiger partial charge in [0.15, 0.2) is 5.16 Å². The van der Waals surface area contributed by atoms with Crippen molar-refractivity contribution in [3.63, 3.8) is 0 Å². The molecule has 0 aliphatic heterocycles. The van der Waals surface area contributed by atoms with E-state index in [0.717, 1.165) is 10.5 Å². The van der Waals surface area contributed by atoms with Crippen molar-refractivity contribution in [2.75, 3.05) is 0 Å². The Bertz CT molecular complexity index is 620. The molecule has 96 valence electrons. The third-order valence-electron chi connectivity index (χ3n) is 2.51. The molecule has 0 aliphatic carbocycles. The fourth-order valence-electron chi connectivity index (χ4n) is 1.47. The maximum Gasteiger partial charge on any atom is 0.343 e. The molecule has 0 spiro atoms. The minimum Gasteiger partial charge on any atom is -0.324 e. The molecule has 0 fully saturated rings. The Morgan fingerprint density at radius 1 is 1.56 bits per heavy atom. The zero-order valence-electron chi connectivity index (χ0n) is 9.98. The predicted octanol–water partition coefficient (Wildman–Crippen LogP) is 1.93. The molecule has 2 rings (SSSR count). The van der Waals surface area contributed by atoms with Crippen molar-refractivity contribution in [1.82, 2.24) is 14.8 Å². The van der Waals surface area contributed by atoms with Gasteiger partial charge in [-0.25, -0.2) is 9.89 Å². The topological polar surface area (TPSA) is 76.7 Å². The number of halogens is 1. The van der Waals surface area contributed by atoms with Gasteiger partial charge in [0.2, 0.25) is 0 Å². The van der Waals surface area contributed by atoms with E-state index in [-0.39, 0.29) is 11.7 Å². The van der Waals surface area contributed by atoms with Gasteiger partial charge in [0.25, 0.3) is 0 Å². The average Bonchev–Trinajstić information content (AvgIpc) is 2.61. The summed E-state index contributed by atoms with van der Waals surface area (Å²) in [6, 6.07) is 5.52. The second kappa shape index (κ2) is 5.17. The van der Waals surface area contributed by atoms with Gasteiger partial charge in [-0.15, -0.1) is 5.10 Å². The lowest BCUT2D eigenvalue weighted by Gasteiger charge is -2.09. The lowest BCUT2D eigenvalue weighted by Crippen LogP contribution is -2.12. The summed E-state index contributed by atoms with van der Waals surface area (Å²) in [6.07, 6.45) is 0. The molecule has 18 heavy (non-hydrogen) atoms. The maximum atomic E-state index is 11.2. The number of nitrogens with one attached hydrogen (secondary N) is 1. The van der Waals surface area contributed by atoms with E-state index >= 15 is 0 Å². The van der Waals surface area contributed by atoms with Crippen LogP contribution in [0.3, 0.4) is 0 Å². The van der Waals surface area contributed by atoms with Crippen LogP contribution in [0.15, 0.2) is 33.0 Å². The van der Waals surface area contributed by atoms with Gasteiger partial charge in [0.1, 0.15) is 0 Å². The third-order valence-corrected chi connectivity index (χ3v) is 3.88. The molecule has 2 aromatic rings. The zero-order chi connectivity index (χ0) is 13.3. The van der Waals surface area contributed by atoms with E-state index in [1.807, 2.05) is 25.1 Å². The lowest BCUT2D eigenvalue weighted by molar-refractivity contribution is 0.766. The van der Waals surface area contributed by atoms with Gasteiger partial charge in [-0.2, -0.15) is 0 Å². The molecule has 1 aromatic heterocycles. The number of hydrogen-bond acceptors (Lipinski definition) is 4. The van der Waals surface area contributed by atoms with E-state index in [4.69, 9.17) is 17.3 Å². The largest absolute Gasteiger partial charge is 0.343 e. The van der Waals surface area contributed by atoms with Gasteiger partial charge >= 0.3 is 5.69 Å². The molecule has 0 amide bonds. The van der Waals surface area contributed by atoms with Crippen LogP contribution in [0.2, 0.25) is 5.02 Å². The number of aromatic nitrogens is 3. The van der Waals surface area contributed by atoms with Gasteiger partial charge in [-0.05, 0) is 36.4 Å². The quantitative estimate of drug-likeness (QED) is 0.903. The van der Waals surface area contributed by atoms with Crippen LogP contribution < -0.4 is 11.4 Å². The Balaban J connectivity index is 2.28. The number of hydrogen-bond donors (Lipinski definition) is 2. The van der Waals surface area contributed by atoms with Crippen LogP contribution in [0.5, 0.6) is 0 Å². The Morgan fingerprint density at radius 3 is 2.78 bits per heavy atom. The van der Waals surface area contributed by atoms with Gasteiger partial charge in [-0.3, -0.25) is 4.57 Å². The highest BCUT2D eigenvalue weighted by Gasteiger charge is 2.10. The number of benzene rings is 1. The zero-order valence-corrected chi connectivity index (χ0v) is 11.5. The minimum absolute atomic E-state index is 0.105. The Kier molecular flexibility index (Phi) is 3.79. The van der Waals surface area contributed by atoms with Crippen LogP contribution in [0.1, 0.15) is 18.5 Å². The fourth-order valence-corrected chi connectivity index (χ4v) is 2.72. The van der Waals surface area contributed by atoms with E-state index in [1.165, 1.54) is 16.3 Å². The van der Waals surface area contributed by atoms with Gasteiger partial charge < -0.3 is 5.73 Å². The van der Waals surface area contributed by atoms with E-state index in [2.05, 4.69) is 10.2 Å². The summed E-state index contributed by atoms with van der Waals surface area (Å²) >= 11 is 7.51. The minimum atomic E-state index is -0.240. The lowest BCUT2D eigenvalue weighted by atomic mass is 10.1. The maximum absolute atomic E-state index is 11.2. The van der Waals surface area contributed by atoms with Crippen molar-refractivity contribution < 1.29 is 0 Å². The number of nitrogens with two attached hydrogens (primary N) is 1. The molecule has 1 atom stereocenters. The Hall–Kier alpha value is -1.24. The molecule has 0 saturated carbocycles. The summed E-state index contributed by atoms with van der Waals surface area (Å²) < 4.78 is 1.44. The summed E-state index contributed by atoms with van der Waals surface area (Å²) in [6.45, 7) is 1.88. The molecule has 3 N–H and O–H groups in total. The number of nitrogens with zero attached hydrogens (tertiary/aromatic N) is 2.